The highest BCUT2D eigenvalue weighted by Crippen LogP contribution is 2.55. The normalized spacial score (nSPS) is 33.0. The first kappa shape index (κ1) is 30.4. The maximum Gasteiger partial charge on any atom is 0.238 e. The quantitative estimate of drug-likeness (QED) is 0.191. The van der Waals surface area contributed by atoms with Crippen LogP contribution < -0.4 is 11.1 Å². The van der Waals surface area contributed by atoms with Gasteiger partial charge in [0.2, 0.25) is 11.8 Å². The highest BCUT2D eigenvalue weighted by atomic mass is 16.3. The molecule has 4 rings (SSSR count). The maximum absolute atomic E-state index is 14.0. The lowest BCUT2D eigenvalue weighted by Crippen LogP contribution is -2.77. The fraction of sp³-hybridized carbons (Fsp3) is 0.571. The van der Waals surface area contributed by atoms with Crippen molar-refractivity contribution in [1.29, 1.82) is 0 Å². The Morgan fingerprint density at radius 1 is 1.07 bits per heavy atom. The number of aliphatic hydroxyl groups is 2. The Kier molecular flexibility index (Phi) is 7.95. The zero-order valence-corrected chi connectivity index (χ0v) is 23.6. The summed E-state index contributed by atoms with van der Waals surface area (Å²) in [6.45, 7) is 6.65. The number of Topliss-reactive ketones (excluding diaryl/α,β-unsaturated/α-hetero) is 4. The highest BCUT2D eigenvalue weighted by Gasteiger charge is 2.72. The van der Waals surface area contributed by atoms with Crippen LogP contribution in [0.25, 0.3) is 0 Å². The molecule has 2 fully saturated rings. The molecule has 13 heteroatoms. The summed E-state index contributed by atoms with van der Waals surface area (Å²) >= 11 is 0. The van der Waals surface area contributed by atoms with Crippen LogP contribution in [-0.4, -0.2) is 112 Å². The second-order valence-electron chi connectivity index (χ2n) is 11.3. The molecule has 13 nitrogen and oxygen atoms in total. The number of primary amides is 1. The van der Waals surface area contributed by atoms with Gasteiger partial charge < -0.3 is 26.4 Å². The number of nitrogens with zero attached hydrogens (tertiary/aromatic N) is 2. The van der Waals surface area contributed by atoms with Gasteiger partial charge >= 0.3 is 0 Å². The van der Waals surface area contributed by atoms with Gasteiger partial charge in [0.05, 0.1) is 41.8 Å². The summed E-state index contributed by atoms with van der Waals surface area (Å²) in [5.41, 5.74) is 2.19. The van der Waals surface area contributed by atoms with Crippen molar-refractivity contribution in [3.63, 3.8) is 0 Å². The van der Waals surface area contributed by atoms with Gasteiger partial charge in [-0.05, 0) is 44.7 Å². The minimum absolute atomic E-state index is 0.0343. The topological polar surface area (TPSA) is 208 Å². The number of nitrogens with two attached hydrogens (primary N) is 1. The molecule has 0 bridgehead atoms. The van der Waals surface area contributed by atoms with Crippen LogP contribution in [0.3, 0.4) is 0 Å². The molecule has 2 saturated carbocycles. The molecule has 3 aliphatic rings. The molecule has 1 aromatic carbocycles. The van der Waals surface area contributed by atoms with Crippen LogP contribution in [0, 0.1) is 23.7 Å². The van der Waals surface area contributed by atoms with Crippen molar-refractivity contribution in [2.45, 2.75) is 44.4 Å². The van der Waals surface area contributed by atoms with Crippen LogP contribution in [0.1, 0.15) is 42.6 Å². The van der Waals surface area contributed by atoms with E-state index in [0.717, 1.165) is 0 Å². The molecule has 0 aliphatic heterocycles. The van der Waals surface area contributed by atoms with Crippen LogP contribution >= 0.6 is 0 Å². The molecule has 1 aromatic rings. The van der Waals surface area contributed by atoms with Gasteiger partial charge in [-0.2, -0.15) is 0 Å². The van der Waals surface area contributed by atoms with Crippen molar-refractivity contribution in [3.05, 3.63) is 23.3 Å². The lowest BCUT2D eigenvalue weighted by Gasteiger charge is -2.56. The number of aliphatic hydroxyl groups excluding tert-OH is 1. The van der Waals surface area contributed by atoms with Crippen LogP contribution in [0.15, 0.2) is 12.1 Å². The van der Waals surface area contributed by atoms with Crippen molar-refractivity contribution in [3.8, 4) is 5.75 Å². The minimum atomic E-state index is -3.07. The number of fused-ring (bicyclic) bond motifs is 3. The van der Waals surface area contributed by atoms with Crippen molar-refractivity contribution in [2.24, 2.45) is 29.4 Å². The lowest BCUT2D eigenvalue weighted by molar-refractivity contribution is -0.196. The number of amides is 2. The smallest absolute Gasteiger partial charge is 0.238 e. The molecule has 0 aromatic heterocycles. The largest absolute Gasteiger partial charge is 0.505 e. The first-order valence-corrected chi connectivity index (χ1v) is 13.6. The number of nitrogens with one attached hydrogen (secondary N) is 1. The fourth-order valence-corrected chi connectivity index (χ4v) is 6.93. The predicted octanol–water partition coefficient (Wildman–Crippen LogP) is -1.32. The van der Waals surface area contributed by atoms with E-state index < -0.39 is 88.0 Å². The average Bonchev–Trinajstić information content (AvgIpc) is 2.90. The van der Waals surface area contributed by atoms with E-state index in [2.05, 4.69) is 5.32 Å². The summed E-state index contributed by atoms with van der Waals surface area (Å²) in [6.07, 6.45) is -1.71. The standard InChI is InChI=1S/C28H36N4O9/c1-6-32(7-2)10-14(33)30-13-9-8-12-11(3)15-17(22(35)16(12)21(13)34)25(38)28(41)19(23(15)36)20(31(4)5)24(37)18(26(28)39)27(29)40/h8-9,11,15,17-20,23,34,36,41H,6-7,10H2,1-5H3,(H2,29,40)(H,30,33)/t11?,15?,17?,18?,19?,20-,23?,28-/m0/s1. The van der Waals surface area contributed by atoms with Gasteiger partial charge in [-0.3, -0.25) is 38.6 Å². The number of rotatable bonds is 7. The summed E-state index contributed by atoms with van der Waals surface area (Å²) in [4.78, 5) is 82.4. The lowest BCUT2D eigenvalue weighted by atomic mass is 9.49. The van der Waals surface area contributed by atoms with E-state index in [9.17, 15) is 44.1 Å². The fourth-order valence-electron chi connectivity index (χ4n) is 6.93. The Morgan fingerprint density at radius 3 is 2.22 bits per heavy atom. The molecule has 2 amide bonds. The second-order valence-corrected chi connectivity index (χ2v) is 11.3. The van der Waals surface area contributed by atoms with Crippen LogP contribution in [0.2, 0.25) is 0 Å². The van der Waals surface area contributed by atoms with Crippen LogP contribution in [0.5, 0.6) is 5.75 Å². The van der Waals surface area contributed by atoms with Crippen LogP contribution in [0.4, 0.5) is 5.69 Å². The molecule has 41 heavy (non-hydrogen) atoms. The summed E-state index contributed by atoms with van der Waals surface area (Å²) in [5, 5.41) is 37.0. The highest BCUT2D eigenvalue weighted by molar-refractivity contribution is 6.32. The zero-order valence-electron chi connectivity index (χ0n) is 23.6. The number of aromatic hydroxyl groups is 1. The van der Waals surface area contributed by atoms with Gasteiger partial charge in [-0.25, -0.2) is 0 Å². The molecule has 222 valence electrons. The molecule has 0 heterocycles. The van der Waals surface area contributed by atoms with Crippen molar-refractivity contribution < 1.29 is 44.1 Å². The first-order valence-electron chi connectivity index (χ1n) is 13.6. The van der Waals surface area contributed by atoms with E-state index in [1.165, 1.54) is 31.1 Å². The van der Waals surface area contributed by atoms with Crippen molar-refractivity contribution in [1.82, 2.24) is 9.80 Å². The van der Waals surface area contributed by atoms with E-state index in [0.29, 0.717) is 13.1 Å². The molecule has 3 aliphatic carbocycles. The Hall–Kier alpha value is -3.52. The van der Waals surface area contributed by atoms with E-state index >= 15 is 0 Å². The first-order chi connectivity index (χ1) is 19.1. The van der Waals surface area contributed by atoms with Gasteiger partial charge in [0.1, 0.15) is 5.75 Å². The summed E-state index contributed by atoms with van der Waals surface area (Å²) in [7, 11) is 2.86. The number of phenolic OH excluding ortho intramolecular Hbond substituents is 1. The molecule has 8 atom stereocenters. The molecule has 6 unspecified atom stereocenters. The molecule has 0 radical (unpaired) electrons. The van der Waals surface area contributed by atoms with Gasteiger partial charge in [0, 0.05) is 5.92 Å². The van der Waals surface area contributed by atoms with Gasteiger partial charge in [-0.1, -0.05) is 26.8 Å². The van der Waals surface area contributed by atoms with E-state index in [1.54, 1.807) is 6.92 Å². The van der Waals surface area contributed by atoms with Crippen molar-refractivity contribution in [2.75, 3.05) is 39.0 Å². The number of phenols is 1. The van der Waals surface area contributed by atoms with E-state index in [-0.39, 0.29) is 23.4 Å². The van der Waals surface area contributed by atoms with E-state index in [4.69, 9.17) is 5.73 Å². The number of hydrogen-bond donors (Lipinski definition) is 5. The number of carbonyl (C=O) groups is 6. The average molecular weight is 573 g/mol. The SMILES string of the molecule is CCN(CC)CC(=O)Nc1ccc2c(c1O)C(=O)C1C(=O)[C@]3(O)C(=O)C(C(N)=O)C(=O)[C@@H](N(C)C)C3C(O)C1C2C. The molecular weight excluding hydrogens is 536 g/mol. The number of carbonyl (C=O) groups excluding carboxylic acids is 6. The summed E-state index contributed by atoms with van der Waals surface area (Å²) in [6, 6.07) is 1.48. The molecule has 0 saturated heterocycles. The summed E-state index contributed by atoms with van der Waals surface area (Å²) < 4.78 is 0. The van der Waals surface area contributed by atoms with Crippen LogP contribution in [-0.2, 0) is 24.0 Å². The Labute approximate surface area is 236 Å². The number of benzene rings is 1. The molecule has 6 N–H and O–H groups in total. The number of ketones is 4. The number of likely N-dealkylation sites (N-methyl/N-ethyl adjacent to an activating group) is 2. The Morgan fingerprint density at radius 2 is 1.68 bits per heavy atom. The molecule has 0 spiro atoms. The minimum Gasteiger partial charge on any atom is -0.505 e. The summed E-state index contributed by atoms with van der Waals surface area (Å²) in [5.74, 6) is -14.6. The third-order valence-corrected chi connectivity index (χ3v) is 9.03. The molecular formula is C28H36N4O9. The number of anilines is 1. The third kappa shape index (κ3) is 4.38. The van der Waals surface area contributed by atoms with E-state index in [1.807, 2.05) is 18.7 Å². The Bertz CT molecular complexity index is 1340. The van der Waals surface area contributed by atoms with Gasteiger partial charge in [-0.15, -0.1) is 0 Å². The monoisotopic (exact) mass is 572 g/mol. The van der Waals surface area contributed by atoms with Crippen molar-refractivity contribution >= 4 is 40.6 Å². The number of hydrogen-bond acceptors (Lipinski definition) is 11. The Balaban J connectivity index is 1.82. The maximum atomic E-state index is 14.0. The third-order valence-electron chi connectivity index (χ3n) is 9.03. The van der Waals surface area contributed by atoms with Gasteiger partial charge in [0.15, 0.2) is 34.7 Å². The van der Waals surface area contributed by atoms with Gasteiger partial charge in [0.25, 0.3) is 0 Å². The zero-order chi connectivity index (χ0) is 30.7. The second kappa shape index (κ2) is 10.7. The predicted molar refractivity (Wildman–Crippen MR) is 144 cm³/mol.